The Morgan fingerprint density at radius 2 is 1.61 bits per heavy atom. The first-order valence-electron chi connectivity index (χ1n) is 10.5. The van der Waals surface area contributed by atoms with E-state index < -0.39 is 5.91 Å². The zero-order valence-electron chi connectivity index (χ0n) is 18.7. The number of nitrogens with one attached hydrogen (secondary N) is 2. The smallest absolute Gasteiger partial charge is 0.254 e. The number of carbonyl (C=O) groups excluding carboxylic acids is 3. The molecule has 0 aromatic heterocycles. The first-order valence-corrected chi connectivity index (χ1v) is 10.5. The fourth-order valence-corrected chi connectivity index (χ4v) is 3.25. The van der Waals surface area contributed by atoms with E-state index in [0.717, 1.165) is 10.8 Å². The van der Waals surface area contributed by atoms with Crippen LogP contribution in [0.3, 0.4) is 0 Å². The number of hydrogen-bond acceptors (Lipinski definition) is 5. The number of hydrogen-bond donors (Lipinski definition) is 2. The maximum atomic E-state index is 13.1. The molecule has 33 heavy (non-hydrogen) atoms. The molecule has 3 rings (SSSR count). The number of methoxy groups -OCH3 is 2. The summed E-state index contributed by atoms with van der Waals surface area (Å²) in [5, 5.41) is 7.22. The molecule has 0 fully saturated rings. The summed E-state index contributed by atoms with van der Waals surface area (Å²) in [5.74, 6) is -0.424. The van der Waals surface area contributed by atoms with E-state index in [4.69, 9.17) is 9.47 Å². The molecule has 0 atom stereocenters. The lowest BCUT2D eigenvalue weighted by atomic mass is 10.1. The highest BCUT2D eigenvalue weighted by atomic mass is 16.5. The second kappa shape index (κ2) is 11.6. The predicted molar refractivity (Wildman–Crippen MR) is 126 cm³/mol. The van der Waals surface area contributed by atoms with Crippen molar-refractivity contribution >= 4 is 34.2 Å². The summed E-state index contributed by atoms with van der Waals surface area (Å²) in [6.07, 6.45) is 0. The van der Waals surface area contributed by atoms with Crippen LogP contribution < -0.4 is 15.4 Å². The molecule has 8 nitrogen and oxygen atoms in total. The number of nitrogens with zero attached hydrogens (tertiary/aromatic N) is 1. The van der Waals surface area contributed by atoms with Crippen LogP contribution in [0.15, 0.2) is 66.7 Å². The Balaban J connectivity index is 1.58. The molecule has 0 aliphatic rings. The van der Waals surface area contributed by atoms with Gasteiger partial charge in [0.2, 0.25) is 11.8 Å². The SMILES string of the molecule is COCCN(CC(=O)NCC(=O)Nc1ccc(OC)cc1)C(=O)c1ccc2ccccc2c1. The number of benzene rings is 3. The van der Waals surface area contributed by atoms with Gasteiger partial charge in [0.1, 0.15) is 5.75 Å². The molecule has 0 heterocycles. The average molecular weight is 450 g/mol. The largest absolute Gasteiger partial charge is 0.497 e. The zero-order valence-corrected chi connectivity index (χ0v) is 18.7. The van der Waals surface area contributed by atoms with Gasteiger partial charge in [0.25, 0.3) is 5.91 Å². The summed E-state index contributed by atoms with van der Waals surface area (Å²) in [6, 6.07) is 20.0. The minimum atomic E-state index is -0.440. The van der Waals surface area contributed by atoms with Gasteiger partial charge in [-0.3, -0.25) is 14.4 Å². The Morgan fingerprint density at radius 1 is 0.879 bits per heavy atom. The molecule has 8 heteroatoms. The summed E-state index contributed by atoms with van der Waals surface area (Å²) in [7, 11) is 3.09. The third-order valence-corrected chi connectivity index (χ3v) is 5.00. The van der Waals surface area contributed by atoms with Crippen LogP contribution in [-0.4, -0.2) is 63.1 Å². The van der Waals surface area contributed by atoms with Gasteiger partial charge in [0, 0.05) is 24.9 Å². The van der Waals surface area contributed by atoms with Crippen molar-refractivity contribution in [3.05, 3.63) is 72.3 Å². The fourth-order valence-electron chi connectivity index (χ4n) is 3.25. The average Bonchev–Trinajstić information content (AvgIpc) is 2.85. The molecular formula is C25H27N3O5. The summed E-state index contributed by atoms with van der Waals surface area (Å²) in [6.45, 7) is 0.121. The number of rotatable bonds is 10. The molecule has 0 bridgehead atoms. The highest BCUT2D eigenvalue weighted by molar-refractivity contribution is 6.00. The summed E-state index contributed by atoms with van der Waals surface area (Å²) in [5.41, 5.74) is 1.07. The molecule has 0 spiro atoms. The molecule has 3 aromatic carbocycles. The van der Waals surface area contributed by atoms with Crippen molar-refractivity contribution in [3.63, 3.8) is 0 Å². The van der Waals surface area contributed by atoms with Gasteiger partial charge in [-0.05, 0) is 47.2 Å². The summed E-state index contributed by atoms with van der Waals surface area (Å²) in [4.78, 5) is 39.1. The maximum Gasteiger partial charge on any atom is 0.254 e. The van der Waals surface area contributed by atoms with E-state index in [-0.39, 0.29) is 38.1 Å². The summed E-state index contributed by atoms with van der Waals surface area (Å²) < 4.78 is 10.2. The van der Waals surface area contributed by atoms with Crippen LogP contribution in [0, 0.1) is 0 Å². The van der Waals surface area contributed by atoms with Gasteiger partial charge in [-0.1, -0.05) is 30.3 Å². The number of fused-ring (bicyclic) bond motifs is 1. The van der Waals surface area contributed by atoms with Crippen molar-refractivity contribution in [1.82, 2.24) is 10.2 Å². The molecule has 0 saturated heterocycles. The van der Waals surface area contributed by atoms with Crippen LogP contribution >= 0.6 is 0 Å². The molecular weight excluding hydrogens is 422 g/mol. The predicted octanol–water partition coefficient (Wildman–Crippen LogP) is 2.69. The number of anilines is 1. The normalized spacial score (nSPS) is 10.5. The minimum absolute atomic E-state index is 0.190. The van der Waals surface area contributed by atoms with Crippen LogP contribution in [0.25, 0.3) is 10.8 Å². The van der Waals surface area contributed by atoms with E-state index >= 15 is 0 Å². The maximum absolute atomic E-state index is 13.1. The van der Waals surface area contributed by atoms with Crippen LogP contribution in [0.4, 0.5) is 5.69 Å². The Bertz CT molecular complexity index is 1110. The monoisotopic (exact) mass is 449 g/mol. The third-order valence-electron chi connectivity index (χ3n) is 5.00. The van der Waals surface area contributed by atoms with Crippen molar-refractivity contribution in [2.75, 3.05) is 45.8 Å². The zero-order chi connectivity index (χ0) is 23.6. The molecule has 3 aromatic rings. The Labute approximate surface area is 192 Å². The number of amides is 3. The highest BCUT2D eigenvalue weighted by Crippen LogP contribution is 2.17. The highest BCUT2D eigenvalue weighted by Gasteiger charge is 2.19. The lowest BCUT2D eigenvalue weighted by Crippen LogP contribution is -2.44. The Hall–Kier alpha value is -3.91. The van der Waals surface area contributed by atoms with Crippen molar-refractivity contribution in [1.29, 1.82) is 0 Å². The molecule has 0 aliphatic heterocycles. The van der Waals surface area contributed by atoms with Gasteiger partial charge in [-0.2, -0.15) is 0 Å². The van der Waals surface area contributed by atoms with E-state index in [9.17, 15) is 14.4 Å². The van der Waals surface area contributed by atoms with Crippen LogP contribution in [0.1, 0.15) is 10.4 Å². The van der Waals surface area contributed by atoms with E-state index in [1.807, 2.05) is 30.3 Å². The van der Waals surface area contributed by atoms with Crippen LogP contribution in [-0.2, 0) is 14.3 Å². The second-order valence-electron chi connectivity index (χ2n) is 7.33. The molecule has 2 N–H and O–H groups in total. The van der Waals surface area contributed by atoms with Gasteiger partial charge in [0.15, 0.2) is 0 Å². The lowest BCUT2D eigenvalue weighted by Gasteiger charge is -2.22. The first kappa shape index (κ1) is 23.7. The lowest BCUT2D eigenvalue weighted by molar-refractivity contribution is -0.124. The van der Waals surface area contributed by atoms with Crippen molar-refractivity contribution in [3.8, 4) is 5.75 Å². The van der Waals surface area contributed by atoms with Crippen molar-refractivity contribution in [2.45, 2.75) is 0 Å². The van der Waals surface area contributed by atoms with Gasteiger partial charge in [-0.15, -0.1) is 0 Å². The van der Waals surface area contributed by atoms with Gasteiger partial charge >= 0.3 is 0 Å². The standard InChI is InChI=1S/C25H27N3O5/c1-32-14-13-28(25(31)20-8-7-18-5-3-4-6-19(18)15-20)17-24(30)26-16-23(29)27-21-9-11-22(33-2)12-10-21/h3-12,15H,13-14,16-17H2,1-2H3,(H,26,30)(H,27,29). The third kappa shape index (κ3) is 6.78. The molecule has 0 radical (unpaired) electrons. The van der Waals surface area contributed by atoms with Crippen LogP contribution in [0.5, 0.6) is 5.75 Å². The molecule has 172 valence electrons. The van der Waals surface area contributed by atoms with E-state index in [1.54, 1.807) is 43.5 Å². The van der Waals surface area contributed by atoms with E-state index in [2.05, 4.69) is 10.6 Å². The van der Waals surface area contributed by atoms with Gasteiger partial charge < -0.3 is 25.0 Å². The van der Waals surface area contributed by atoms with Gasteiger partial charge in [-0.25, -0.2) is 0 Å². The molecule has 0 aliphatic carbocycles. The molecule has 0 unspecified atom stereocenters. The Morgan fingerprint density at radius 3 is 2.30 bits per heavy atom. The van der Waals surface area contributed by atoms with Gasteiger partial charge in [0.05, 0.1) is 26.8 Å². The molecule has 3 amide bonds. The molecule has 0 saturated carbocycles. The van der Waals surface area contributed by atoms with Crippen molar-refractivity contribution < 1.29 is 23.9 Å². The summed E-state index contributed by atoms with van der Waals surface area (Å²) >= 11 is 0. The van der Waals surface area contributed by atoms with E-state index in [0.29, 0.717) is 17.0 Å². The quantitative estimate of drug-likeness (QED) is 0.496. The number of carbonyl (C=O) groups is 3. The second-order valence-corrected chi connectivity index (χ2v) is 7.33. The number of ether oxygens (including phenoxy) is 2. The van der Waals surface area contributed by atoms with Crippen molar-refractivity contribution in [2.24, 2.45) is 0 Å². The Kier molecular flexibility index (Phi) is 8.37. The first-order chi connectivity index (χ1) is 16.0. The topological polar surface area (TPSA) is 97.0 Å². The minimum Gasteiger partial charge on any atom is -0.497 e. The van der Waals surface area contributed by atoms with E-state index in [1.165, 1.54) is 12.0 Å². The fraction of sp³-hybridized carbons (Fsp3) is 0.240. The van der Waals surface area contributed by atoms with Crippen LogP contribution in [0.2, 0.25) is 0 Å².